The SMILES string of the molecule is C1=CC[C]([Hf+2][CH]2C=Cc3ccccc32)=C1.[Br-].[Br-]. The maximum Gasteiger partial charge on any atom is -1.00 e. The Kier molecular flexibility index (Phi) is 6.32. The molecule has 3 heteroatoms. The van der Waals surface area contributed by atoms with Crippen molar-refractivity contribution in [1.82, 2.24) is 0 Å². The molecule has 17 heavy (non-hydrogen) atoms. The Morgan fingerprint density at radius 2 is 1.94 bits per heavy atom. The molecule has 2 aliphatic carbocycles. The van der Waals surface area contributed by atoms with Gasteiger partial charge in [0.25, 0.3) is 0 Å². The van der Waals surface area contributed by atoms with Crippen LogP contribution in [0.2, 0.25) is 0 Å². The average molecular weight is 519 g/mol. The Labute approximate surface area is 135 Å². The monoisotopic (exact) mass is 518 g/mol. The maximum atomic E-state index is 2.42. The smallest absolute Gasteiger partial charge is 1.00 e. The Morgan fingerprint density at radius 1 is 1.12 bits per heavy atom. The van der Waals surface area contributed by atoms with Gasteiger partial charge in [0.2, 0.25) is 0 Å². The average Bonchev–Trinajstić information content (AvgIpc) is 2.89. The molecule has 2 aliphatic rings. The molecule has 0 spiro atoms. The van der Waals surface area contributed by atoms with Crippen molar-refractivity contribution < 1.29 is 56.9 Å². The van der Waals surface area contributed by atoms with Crippen molar-refractivity contribution >= 4 is 6.08 Å². The fourth-order valence-corrected chi connectivity index (χ4v) is 7.30. The summed E-state index contributed by atoms with van der Waals surface area (Å²) in [5.74, 6) is 0. The molecule has 0 saturated heterocycles. The van der Waals surface area contributed by atoms with Crippen LogP contribution in [0.1, 0.15) is 21.2 Å². The molecule has 1 aromatic carbocycles. The molecule has 0 heterocycles. The van der Waals surface area contributed by atoms with E-state index in [0.717, 1.165) is 3.67 Å². The van der Waals surface area contributed by atoms with Crippen molar-refractivity contribution in [3.05, 3.63) is 63.0 Å². The van der Waals surface area contributed by atoms with E-state index in [1.807, 2.05) is 0 Å². The van der Waals surface area contributed by atoms with Crippen LogP contribution >= 0.6 is 0 Å². The minimum Gasteiger partial charge on any atom is -1.00 e. The number of hydrogen-bond donors (Lipinski definition) is 0. The van der Waals surface area contributed by atoms with Crippen molar-refractivity contribution in [2.24, 2.45) is 0 Å². The van der Waals surface area contributed by atoms with Gasteiger partial charge in [-0.05, 0) is 0 Å². The molecule has 1 atom stereocenters. The summed E-state index contributed by atoms with van der Waals surface area (Å²) in [4.78, 5) is 0. The van der Waals surface area contributed by atoms with Crippen molar-refractivity contribution in [2.45, 2.75) is 10.1 Å². The molecule has 0 N–H and O–H groups in total. The Balaban J connectivity index is 0.000000722. The van der Waals surface area contributed by atoms with Gasteiger partial charge >= 0.3 is 102 Å². The minimum absolute atomic E-state index is 0. The van der Waals surface area contributed by atoms with Gasteiger partial charge in [-0.2, -0.15) is 0 Å². The maximum absolute atomic E-state index is 2.42. The first-order valence-corrected chi connectivity index (χ1v) is 9.20. The molecule has 0 nitrogen and oxygen atoms in total. The van der Waals surface area contributed by atoms with Gasteiger partial charge in [0.15, 0.2) is 0 Å². The summed E-state index contributed by atoms with van der Waals surface area (Å²) in [5, 5.41) is 0. The van der Waals surface area contributed by atoms with Gasteiger partial charge in [-0.1, -0.05) is 0 Å². The molecule has 0 aliphatic heterocycles. The molecule has 0 bridgehead atoms. The zero-order valence-electron chi connectivity index (χ0n) is 9.24. The van der Waals surface area contributed by atoms with Crippen LogP contribution in [0.25, 0.3) is 6.08 Å². The number of fused-ring (bicyclic) bond motifs is 1. The van der Waals surface area contributed by atoms with E-state index in [4.69, 9.17) is 0 Å². The van der Waals surface area contributed by atoms with E-state index in [1.165, 1.54) is 12.0 Å². The van der Waals surface area contributed by atoms with Gasteiger partial charge in [-0.15, -0.1) is 0 Å². The number of rotatable bonds is 2. The quantitative estimate of drug-likeness (QED) is 0.387. The summed E-state index contributed by atoms with van der Waals surface area (Å²) in [6, 6.07) is 8.84. The van der Waals surface area contributed by atoms with Crippen molar-refractivity contribution in [1.29, 1.82) is 0 Å². The first kappa shape index (κ1) is 15.3. The molecule has 1 aromatic rings. The van der Waals surface area contributed by atoms with E-state index in [2.05, 4.69) is 54.6 Å². The van der Waals surface area contributed by atoms with Crippen LogP contribution in [0.5, 0.6) is 0 Å². The molecule has 1 unspecified atom stereocenters. The molecule has 0 amide bonds. The second-order valence-corrected chi connectivity index (χ2v) is 9.51. The third kappa shape index (κ3) is 3.39. The number of halogens is 2. The summed E-state index contributed by atoms with van der Waals surface area (Å²) < 4.78 is 2.55. The van der Waals surface area contributed by atoms with Gasteiger partial charge in [-0.25, -0.2) is 0 Å². The first-order chi connectivity index (χ1) is 7.43. The number of hydrogen-bond acceptors (Lipinski definition) is 0. The molecule has 3 rings (SSSR count). The van der Waals surface area contributed by atoms with E-state index in [1.54, 1.807) is 8.89 Å². The van der Waals surface area contributed by atoms with E-state index >= 15 is 0 Å². The van der Waals surface area contributed by atoms with Crippen LogP contribution in [0, 0.1) is 0 Å². The second-order valence-electron chi connectivity index (χ2n) is 3.93. The van der Waals surface area contributed by atoms with Gasteiger partial charge in [-0.3, -0.25) is 0 Å². The van der Waals surface area contributed by atoms with Gasteiger partial charge in [0.05, 0.1) is 0 Å². The Morgan fingerprint density at radius 3 is 2.71 bits per heavy atom. The molecule has 0 fully saturated rings. The van der Waals surface area contributed by atoms with Crippen LogP contribution in [0.3, 0.4) is 0 Å². The molecule has 0 radical (unpaired) electrons. The van der Waals surface area contributed by atoms with Gasteiger partial charge in [0, 0.05) is 0 Å². The topological polar surface area (TPSA) is 0 Å². The van der Waals surface area contributed by atoms with Gasteiger partial charge < -0.3 is 34.0 Å². The fraction of sp³-hybridized carbons (Fsp3) is 0.143. The molecule has 0 saturated carbocycles. The van der Waals surface area contributed by atoms with Crippen LogP contribution < -0.4 is 34.0 Å². The first-order valence-electron chi connectivity index (χ1n) is 5.33. The molecular weight excluding hydrogens is 506 g/mol. The molecular formula is C14H12Br2Hf. The van der Waals surface area contributed by atoms with E-state index in [9.17, 15) is 0 Å². The number of allylic oxidation sites excluding steroid dienone is 5. The second kappa shape index (κ2) is 7.01. The number of benzene rings is 1. The van der Waals surface area contributed by atoms with Crippen molar-refractivity contribution in [2.75, 3.05) is 0 Å². The summed E-state index contributed by atoms with van der Waals surface area (Å²) in [6.45, 7) is 0. The zero-order chi connectivity index (χ0) is 10.1. The zero-order valence-corrected chi connectivity index (χ0v) is 16.0. The third-order valence-electron chi connectivity index (χ3n) is 2.91. The largest absolute Gasteiger partial charge is 1.00 e. The van der Waals surface area contributed by atoms with Crippen LogP contribution in [-0.2, 0) is 22.9 Å². The third-order valence-corrected chi connectivity index (χ3v) is 8.50. The van der Waals surface area contributed by atoms with Gasteiger partial charge in [0.1, 0.15) is 0 Å². The normalized spacial score (nSPS) is 18.8. The fourth-order valence-electron chi connectivity index (χ4n) is 2.13. The summed E-state index contributed by atoms with van der Waals surface area (Å²) in [7, 11) is 0. The summed E-state index contributed by atoms with van der Waals surface area (Å²) >= 11 is -0.658. The predicted molar refractivity (Wildman–Crippen MR) is 60.1 cm³/mol. The van der Waals surface area contributed by atoms with E-state index < -0.39 is 22.9 Å². The Bertz CT molecular complexity index is 475. The van der Waals surface area contributed by atoms with Crippen molar-refractivity contribution in [3.8, 4) is 0 Å². The summed E-state index contributed by atoms with van der Waals surface area (Å²) in [6.07, 6.45) is 12.8. The standard InChI is InChI=1S/C9H7.C5H5.2BrH.Hf/c1-2-5-9-7-3-6-8(9)4-1;1-2-4-5-3-1;;;/h1-7H;1-3H,4H2;2*1H;/q;;;;+2/p-2. The van der Waals surface area contributed by atoms with Crippen molar-refractivity contribution in [3.63, 3.8) is 0 Å². The van der Waals surface area contributed by atoms with Crippen LogP contribution in [0.4, 0.5) is 0 Å². The predicted octanol–water partition coefficient (Wildman–Crippen LogP) is -2.31. The van der Waals surface area contributed by atoms with E-state index in [-0.39, 0.29) is 34.0 Å². The van der Waals surface area contributed by atoms with E-state index in [0.29, 0.717) is 0 Å². The minimum atomic E-state index is -0.658. The molecule has 86 valence electrons. The summed E-state index contributed by atoms with van der Waals surface area (Å²) in [5.41, 5.74) is 3.02. The Hall–Kier alpha value is 0.270. The van der Waals surface area contributed by atoms with Crippen LogP contribution in [0.15, 0.2) is 51.9 Å². The molecule has 0 aromatic heterocycles. The van der Waals surface area contributed by atoms with Crippen LogP contribution in [-0.4, -0.2) is 0 Å².